The van der Waals surface area contributed by atoms with Crippen LogP contribution in [0.2, 0.25) is 0 Å². The largest absolute Gasteiger partial charge is 0.396 e. The first-order chi connectivity index (χ1) is 6.81. The fourth-order valence-corrected chi connectivity index (χ4v) is 2.65. The maximum absolute atomic E-state index is 8.94. The van der Waals surface area contributed by atoms with E-state index in [1.165, 1.54) is 38.8 Å². The lowest BCUT2D eigenvalue weighted by molar-refractivity contribution is 0.103. The molecule has 0 aliphatic carbocycles. The summed E-state index contributed by atoms with van der Waals surface area (Å²) < 4.78 is 0. The average molecular weight is 199 g/mol. The molecule has 0 spiro atoms. The van der Waals surface area contributed by atoms with Gasteiger partial charge in [0.2, 0.25) is 0 Å². The van der Waals surface area contributed by atoms with Gasteiger partial charge in [0.1, 0.15) is 0 Å². The number of aliphatic hydroxyl groups excluding tert-OH is 1. The summed E-state index contributed by atoms with van der Waals surface area (Å²) in [4.78, 5) is 2.63. The van der Waals surface area contributed by atoms with Crippen molar-refractivity contribution in [1.29, 1.82) is 0 Å². The van der Waals surface area contributed by atoms with Crippen molar-refractivity contribution in [3.8, 4) is 0 Å². The first-order valence-corrected chi connectivity index (χ1v) is 6.16. The molecule has 2 heteroatoms. The average Bonchev–Trinajstić information content (AvgIpc) is 2.21. The van der Waals surface area contributed by atoms with Gasteiger partial charge in [-0.25, -0.2) is 0 Å². The van der Waals surface area contributed by atoms with E-state index in [4.69, 9.17) is 5.11 Å². The molecule has 1 unspecified atom stereocenters. The van der Waals surface area contributed by atoms with Gasteiger partial charge in [0, 0.05) is 19.2 Å². The van der Waals surface area contributed by atoms with Crippen LogP contribution < -0.4 is 0 Å². The van der Waals surface area contributed by atoms with Gasteiger partial charge < -0.3 is 10.0 Å². The fourth-order valence-electron chi connectivity index (χ4n) is 2.65. The first kappa shape index (κ1) is 12.0. The van der Waals surface area contributed by atoms with E-state index in [2.05, 4.69) is 18.7 Å². The second-order valence-electron chi connectivity index (χ2n) is 4.49. The third-order valence-corrected chi connectivity index (χ3v) is 3.55. The topological polar surface area (TPSA) is 23.5 Å². The molecule has 0 amide bonds. The molecule has 1 atom stereocenters. The molecule has 2 nitrogen and oxygen atoms in total. The van der Waals surface area contributed by atoms with Crippen molar-refractivity contribution in [1.82, 2.24) is 4.90 Å². The lowest BCUT2D eigenvalue weighted by atomic mass is 9.93. The Labute approximate surface area is 88.3 Å². The molecule has 14 heavy (non-hydrogen) atoms. The van der Waals surface area contributed by atoms with Crippen molar-refractivity contribution in [2.24, 2.45) is 5.92 Å². The zero-order valence-electron chi connectivity index (χ0n) is 9.71. The van der Waals surface area contributed by atoms with E-state index in [0.717, 1.165) is 18.4 Å². The third-order valence-electron chi connectivity index (χ3n) is 3.55. The summed E-state index contributed by atoms with van der Waals surface area (Å²) in [6.07, 6.45) is 6.17. The van der Waals surface area contributed by atoms with Crippen molar-refractivity contribution in [3.05, 3.63) is 0 Å². The molecule has 0 radical (unpaired) electrons. The fraction of sp³-hybridized carbons (Fsp3) is 1.00. The zero-order valence-corrected chi connectivity index (χ0v) is 9.71. The van der Waals surface area contributed by atoms with Gasteiger partial charge in [0.05, 0.1) is 0 Å². The van der Waals surface area contributed by atoms with Crippen molar-refractivity contribution < 1.29 is 5.11 Å². The molecular formula is C12H25NO. The van der Waals surface area contributed by atoms with Crippen LogP contribution in [0, 0.1) is 5.92 Å². The predicted octanol–water partition coefficient (Wildman–Crippen LogP) is 2.27. The Morgan fingerprint density at radius 3 is 2.64 bits per heavy atom. The van der Waals surface area contributed by atoms with Gasteiger partial charge in [-0.3, -0.25) is 0 Å². The summed E-state index contributed by atoms with van der Waals surface area (Å²) in [6.45, 7) is 7.41. The zero-order chi connectivity index (χ0) is 10.4. The van der Waals surface area contributed by atoms with Crippen LogP contribution in [-0.2, 0) is 0 Å². The summed E-state index contributed by atoms with van der Waals surface area (Å²) >= 11 is 0. The number of hydrogen-bond acceptors (Lipinski definition) is 2. The number of rotatable bonds is 5. The van der Waals surface area contributed by atoms with Crippen LogP contribution in [0.3, 0.4) is 0 Å². The van der Waals surface area contributed by atoms with E-state index in [0.29, 0.717) is 6.61 Å². The van der Waals surface area contributed by atoms with Crippen molar-refractivity contribution >= 4 is 0 Å². The summed E-state index contributed by atoms with van der Waals surface area (Å²) in [5.74, 6) is 0.745. The Morgan fingerprint density at radius 1 is 1.36 bits per heavy atom. The van der Waals surface area contributed by atoms with Crippen molar-refractivity contribution in [2.45, 2.75) is 52.0 Å². The second-order valence-corrected chi connectivity index (χ2v) is 4.49. The highest BCUT2D eigenvalue weighted by molar-refractivity contribution is 4.77. The molecule has 1 N–H and O–H groups in total. The van der Waals surface area contributed by atoms with Crippen LogP contribution in [0.5, 0.6) is 0 Å². The molecule has 1 heterocycles. The summed E-state index contributed by atoms with van der Waals surface area (Å²) in [5.41, 5.74) is 0. The minimum absolute atomic E-state index is 0.363. The summed E-state index contributed by atoms with van der Waals surface area (Å²) in [5, 5.41) is 8.94. The van der Waals surface area contributed by atoms with E-state index in [-0.39, 0.29) is 0 Å². The van der Waals surface area contributed by atoms with Crippen molar-refractivity contribution in [2.75, 3.05) is 19.7 Å². The van der Waals surface area contributed by atoms with Gasteiger partial charge in [-0.15, -0.1) is 0 Å². The van der Waals surface area contributed by atoms with Crippen LogP contribution in [0.25, 0.3) is 0 Å². The van der Waals surface area contributed by atoms with Gasteiger partial charge >= 0.3 is 0 Å². The highest BCUT2D eigenvalue weighted by Gasteiger charge is 2.23. The molecular weight excluding hydrogens is 174 g/mol. The molecule has 0 aromatic carbocycles. The predicted molar refractivity (Wildman–Crippen MR) is 60.4 cm³/mol. The summed E-state index contributed by atoms with van der Waals surface area (Å²) in [7, 11) is 0. The van der Waals surface area contributed by atoms with Gasteiger partial charge in [0.25, 0.3) is 0 Å². The smallest absolute Gasteiger partial charge is 0.0434 e. The number of nitrogens with zero attached hydrogens (tertiary/aromatic N) is 1. The van der Waals surface area contributed by atoms with E-state index < -0.39 is 0 Å². The van der Waals surface area contributed by atoms with Gasteiger partial charge in [0.15, 0.2) is 0 Å². The Kier molecular flexibility index (Phi) is 5.49. The Morgan fingerprint density at radius 2 is 2.07 bits per heavy atom. The molecule has 1 rings (SSSR count). The molecule has 0 bridgehead atoms. The SMILES string of the molecule is CCC(CC)N1CCCC(CCO)C1. The second kappa shape index (κ2) is 6.41. The van der Waals surface area contributed by atoms with Crippen LogP contribution >= 0.6 is 0 Å². The number of aliphatic hydroxyl groups is 1. The molecule has 1 aliphatic rings. The molecule has 1 saturated heterocycles. The van der Waals surface area contributed by atoms with E-state index in [9.17, 15) is 0 Å². The molecule has 1 fully saturated rings. The first-order valence-electron chi connectivity index (χ1n) is 6.16. The molecule has 0 saturated carbocycles. The van der Waals surface area contributed by atoms with Crippen LogP contribution in [0.4, 0.5) is 0 Å². The normalized spacial score (nSPS) is 24.4. The quantitative estimate of drug-likeness (QED) is 0.734. The number of hydrogen-bond donors (Lipinski definition) is 1. The van der Waals surface area contributed by atoms with Crippen LogP contribution in [0.15, 0.2) is 0 Å². The Bertz CT molecular complexity index is 143. The lowest BCUT2D eigenvalue weighted by Crippen LogP contribution is -2.42. The third kappa shape index (κ3) is 3.25. The van der Waals surface area contributed by atoms with E-state index >= 15 is 0 Å². The van der Waals surface area contributed by atoms with Gasteiger partial charge in [-0.05, 0) is 44.6 Å². The van der Waals surface area contributed by atoms with E-state index in [1.54, 1.807) is 0 Å². The Hall–Kier alpha value is -0.0800. The van der Waals surface area contributed by atoms with Crippen LogP contribution in [-0.4, -0.2) is 35.7 Å². The van der Waals surface area contributed by atoms with Gasteiger partial charge in [-0.1, -0.05) is 13.8 Å². The standard InChI is InChI=1S/C12H25NO/c1-3-12(4-2)13-8-5-6-11(10-13)7-9-14/h11-12,14H,3-10H2,1-2H3. The van der Waals surface area contributed by atoms with Crippen molar-refractivity contribution in [3.63, 3.8) is 0 Å². The minimum atomic E-state index is 0.363. The maximum Gasteiger partial charge on any atom is 0.0434 e. The van der Waals surface area contributed by atoms with E-state index in [1.807, 2.05) is 0 Å². The molecule has 0 aromatic rings. The lowest BCUT2D eigenvalue weighted by Gasteiger charge is -2.37. The molecule has 0 aromatic heterocycles. The highest BCUT2D eigenvalue weighted by Crippen LogP contribution is 2.22. The number of likely N-dealkylation sites (tertiary alicyclic amines) is 1. The molecule has 84 valence electrons. The van der Waals surface area contributed by atoms with Gasteiger partial charge in [-0.2, -0.15) is 0 Å². The Balaban J connectivity index is 2.38. The number of piperidine rings is 1. The molecule has 1 aliphatic heterocycles. The monoisotopic (exact) mass is 199 g/mol. The minimum Gasteiger partial charge on any atom is -0.396 e. The summed E-state index contributed by atoms with van der Waals surface area (Å²) in [6, 6.07) is 0.775. The highest BCUT2D eigenvalue weighted by atomic mass is 16.3. The maximum atomic E-state index is 8.94. The van der Waals surface area contributed by atoms with Crippen LogP contribution in [0.1, 0.15) is 46.0 Å².